The van der Waals surface area contributed by atoms with E-state index in [1.54, 1.807) is 11.4 Å². The first-order valence-corrected chi connectivity index (χ1v) is 6.47. The molecule has 0 bridgehead atoms. The van der Waals surface area contributed by atoms with Gasteiger partial charge in [-0.3, -0.25) is 4.79 Å². The van der Waals surface area contributed by atoms with E-state index in [4.69, 9.17) is 10.2 Å². The molecule has 106 valence electrons. The van der Waals surface area contributed by atoms with E-state index in [2.05, 4.69) is 20.8 Å². The van der Waals surface area contributed by atoms with Crippen LogP contribution in [0.15, 0.2) is 17.8 Å². The van der Waals surface area contributed by atoms with Gasteiger partial charge in [0.1, 0.15) is 17.2 Å². The molecule has 10 heteroatoms. The van der Waals surface area contributed by atoms with Gasteiger partial charge >= 0.3 is 5.97 Å². The number of rotatable bonds is 6. The second kappa shape index (κ2) is 6.21. The number of carbonyl (C=O) groups excluding carboxylic acids is 1. The highest BCUT2D eigenvalue weighted by Crippen LogP contribution is 2.20. The fourth-order valence-electron chi connectivity index (χ4n) is 1.53. The lowest BCUT2D eigenvalue weighted by atomic mass is 10.2. The minimum atomic E-state index is -1.20. The van der Waals surface area contributed by atoms with E-state index in [1.807, 2.05) is 0 Å². The molecule has 0 radical (unpaired) electrons. The predicted molar refractivity (Wildman–Crippen MR) is 67.6 cm³/mol. The molecule has 9 nitrogen and oxygen atoms in total. The smallest absolute Gasteiger partial charge is 0.326 e. The van der Waals surface area contributed by atoms with Crippen LogP contribution >= 0.6 is 11.3 Å². The molecule has 0 saturated heterocycles. The van der Waals surface area contributed by atoms with Crippen molar-refractivity contribution >= 4 is 23.2 Å². The summed E-state index contributed by atoms with van der Waals surface area (Å²) in [7, 11) is 0. The van der Waals surface area contributed by atoms with Crippen LogP contribution in [-0.2, 0) is 4.79 Å². The Hall–Kier alpha value is -2.33. The van der Waals surface area contributed by atoms with Gasteiger partial charge in [0.15, 0.2) is 0 Å². The fraction of sp³-hybridized carbons (Fsp3) is 0.300. The van der Waals surface area contributed by atoms with Crippen molar-refractivity contribution in [2.45, 2.75) is 12.5 Å². The van der Waals surface area contributed by atoms with Crippen molar-refractivity contribution in [3.63, 3.8) is 0 Å². The van der Waals surface area contributed by atoms with Crippen molar-refractivity contribution in [1.82, 2.24) is 25.5 Å². The summed E-state index contributed by atoms with van der Waals surface area (Å²) in [5.74, 6) is -1.75. The van der Waals surface area contributed by atoms with Gasteiger partial charge < -0.3 is 15.5 Å². The van der Waals surface area contributed by atoms with Gasteiger partial charge in [0.05, 0.1) is 5.69 Å². The zero-order valence-corrected chi connectivity index (χ0v) is 10.9. The number of aromatic nitrogens is 4. The number of thiophene rings is 1. The van der Waals surface area contributed by atoms with Crippen LogP contribution in [0.3, 0.4) is 0 Å². The van der Waals surface area contributed by atoms with Gasteiger partial charge in [-0.2, -0.15) is 4.68 Å². The molecule has 1 atom stereocenters. The number of hydrogen-bond acceptors (Lipinski definition) is 7. The number of carboxylic acids is 1. The minimum Gasteiger partial charge on any atom is -0.480 e. The molecule has 0 spiro atoms. The topological polar surface area (TPSA) is 130 Å². The lowest BCUT2D eigenvalue weighted by Gasteiger charge is -2.13. The van der Waals surface area contributed by atoms with Crippen LogP contribution in [0.5, 0.6) is 0 Å². The Morgan fingerprint density at radius 1 is 1.50 bits per heavy atom. The van der Waals surface area contributed by atoms with Crippen LogP contribution in [0.1, 0.15) is 16.1 Å². The lowest BCUT2D eigenvalue weighted by Crippen LogP contribution is -2.41. The number of hydrogen-bond donors (Lipinski definition) is 3. The maximum absolute atomic E-state index is 12.1. The molecular weight excluding hydrogens is 286 g/mol. The number of tetrazole rings is 1. The van der Waals surface area contributed by atoms with Crippen molar-refractivity contribution in [1.29, 1.82) is 0 Å². The van der Waals surface area contributed by atoms with Crippen LogP contribution < -0.4 is 5.32 Å². The maximum atomic E-state index is 12.1. The zero-order valence-electron chi connectivity index (χ0n) is 10.1. The normalized spacial score (nSPS) is 12.1. The highest BCUT2D eigenvalue weighted by Gasteiger charge is 2.23. The summed E-state index contributed by atoms with van der Waals surface area (Å²) in [6.07, 6.45) is 1.27. The van der Waals surface area contributed by atoms with E-state index in [0.717, 1.165) is 11.3 Å². The second-order valence-corrected chi connectivity index (χ2v) is 4.68. The van der Waals surface area contributed by atoms with Gasteiger partial charge in [0, 0.05) is 13.0 Å². The first kappa shape index (κ1) is 14.1. The first-order valence-electron chi connectivity index (χ1n) is 5.59. The number of nitrogens with zero attached hydrogens (tertiary/aromatic N) is 4. The zero-order chi connectivity index (χ0) is 14.5. The monoisotopic (exact) mass is 297 g/mol. The Morgan fingerprint density at radius 3 is 2.90 bits per heavy atom. The Labute approximate surface area is 116 Å². The standard InChI is InChI=1S/C10H11N5O4S/c16-3-1-6(10(18)19)12-9(17)8-7(2-4-20-8)15-5-11-13-14-15/h2,4-6,16H,1,3H2,(H,12,17)(H,18,19)/t6-/m0/s1. The van der Waals surface area contributed by atoms with Gasteiger partial charge in [-0.05, 0) is 21.9 Å². The minimum absolute atomic E-state index is 0.0628. The Balaban J connectivity index is 2.18. The molecule has 2 aromatic heterocycles. The molecule has 0 unspecified atom stereocenters. The Kier molecular flexibility index (Phi) is 4.38. The van der Waals surface area contributed by atoms with Crippen molar-refractivity contribution in [3.05, 3.63) is 22.7 Å². The summed E-state index contributed by atoms with van der Waals surface area (Å²) in [5.41, 5.74) is 0.464. The summed E-state index contributed by atoms with van der Waals surface area (Å²) in [4.78, 5) is 23.3. The Morgan fingerprint density at radius 2 is 2.30 bits per heavy atom. The number of carbonyl (C=O) groups is 2. The number of amides is 1. The summed E-state index contributed by atoms with van der Waals surface area (Å²) in [6, 6.07) is 0.508. The van der Waals surface area contributed by atoms with Gasteiger partial charge in [0.2, 0.25) is 0 Å². The Bertz CT molecular complexity index is 597. The summed E-state index contributed by atoms with van der Waals surface area (Å²) < 4.78 is 1.31. The average Bonchev–Trinajstić information content (AvgIpc) is 3.08. The first-order chi connectivity index (χ1) is 9.63. The molecule has 0 aromatic carbocycles. The maximum Gasteiger partial charge on any atom is 0.326 e. The summed E-state index contributed by atoms with van der Waals surface area (Å²) in [6.45, 7) is -0.332. The van der Waals surface area contributed by atoms with Gasteiger partial charge in [0.25, 0.3) is 5.91 Å². The third kappa shape index (κ3) is 2.97. The number of aliphatic carboxylic acids is 1. The molecule has 3 N–H and O–H groups in total. The van der Waals surface area contributed by atoms with Crippen LogP contribution in [0.2, 0.25) is 0 Å². The molecule has 2 heterocycles. The number of nitrogens with one attached hydrogen (secondary N) is 1. The molecule has 0 aliphatic heterocycles. The molecule has 0 aliphatic rings. The quantitative estimate of drug-likeness (QED) is 0.642. The van der Waals surface area contributed by atoms with Gasteiger partial charge in [-0.1, -0.05) is 0 Å². The van der Waals surface area contributed by atoms with Crippen LogP contribution in [0.25, 0.3) is 5.69 Å². The molecular formula is C10H11N5O4S. The number of aliphatic hydroxyl groups is 1. The number of aliphatic hydroxyl groups excluding tert-OH is 1. The SMILES string of the molecule is O=C(N[C@@H](CCO)C(=O)O)c1sccc1-n1cnnn1. The van der Waals surface area contributed by atoms with Gasteiger partial charge in [-0.25, -0.2) is 4.79 Å². The van der Waals surface area contributed by atoms with Crippen LogP contribution in [-0.4, -0.2) is 54.9 Å². The van der Waals surface area contributed by atoms with E-state index in [9.17, 15) is 9.59 Å². The third-order valence-electron chi connectivity index (χ3n) is 2.47. The highest BCUT2D eigenvalue weighted by molar-refractivity contribution is 7.12. The largest absolute Gasteiger partial charge is 0.480 e. The van der Waals surface area contributed by atoms with Crippen LogP contribution in [0, 0.1) is 0 Å². The highest BCUT2D eigenvalue weighted by atomic mass is 32.1. The van der Waals surface area contributed by atoms with E-state index < -0.39 is 17.9 Å². The fourth-order valence-corrected chi connectivity index (χ4v) is 2.32. The molecule has 0 aliphatic carbocycles. The average molecular weight is 297 g/mol. The van der Waals surface area contributed by atoms with E-state index in [-0.39, 0.29) is 13.0 Å². The molecule has 2 aromatic rings. The molecule has 1 amide bonds. The van der Waals surface area contributed by atoms with E-state index in [0.29, 0.717) is 10.6 Å². The van der Waals surface area contributed by atoms with Crippen molar-refractivity contribution in [2.75, 3.05) is 6.61 Å². The second-order valence-electron chi connectivity index (χ2n) is 3.77. The van der Waals surface area contributed by atoms with Crippen molar-refractivity contribution in [2.24, 2.45) is 0 Å². The summed E-state index contributed by atoms with van der Waals surface area (Å²) >= 11 is 1.14. The van der Waals surface area contributed by atoms with Gasteiger partial charge in [-0.15, -0.1) is 16.4 Å². The number of carboxylic acid groups (broad SMARTS) is 1. The molecule has 0 saturated carbocycles. The van der Waals surface area contributed by atoms with Crippen molar-refractivity contribution < 1.29 is 19.8 Å². The predicted octanol–water partition coefficient (Wildman–Crippen LogP) is -0.711. The summed E-state index contributed by atoms with van der Waals surface area (Å²) in [5, 5.41) is 32.4. The van der Waals surface area contributed by atoms with E-state index in [1.165, 1.54) is 11.0 Å². The molecule has 2 rings (SSSR count). The van der Waals surface area contributed by atoms with Crippen LogP contribution in [0.4, 0.5) is 0 Å². The van der Waals surface area contributed by atoms with E-state index >= 15 is 0 Å². The lowest BCUT2D eigenvalue weighted by molar-refractivity contribution is -0.139. The molecule has 20 heavy (non-hydrogen) atoms. The third-order valence-corrected chi connectivity index (χ3v) is 3.37. The van der Waals surface area contributed by atoms with Crippen molar-refractivity contribution in [3.8, 4) is 5.69 Å². The molecule has 0 fully saturated rings.